The van der Waals surface area contributed by atoms with E-state index in [0.717, 1.165) is 16.7 Å². The predicted molar refractivity (Wildman–Crippen MR) is 134 cm³/mol. The molecule has 0 spiro atoms. The average molecular weight is 480 g/mol. The lowest BCUT2D eigenvalue weighted by atomic mass is 10.1. The van der Waals surface area contributed by atoms with Crippen molar-refractivity contribution in [2.24, 2.45) is 5.10 Å². The van der Waals surface area contributed by atoms with E-state index < -0.39 is 11.8 Å². The molecular weight excluding hydrogens is 454 g/mol. The summed E-state index contributed by atoms with van der Waals surface area (Å²) in [5.41, 5.74) is 6.38. The van der Waals surface area contributed by atoms with Gasteiger partial charge in [0.25, 0.3) is 0 Å². The fraction of sp³-hybridized carbons (Fsp3) is 0.192. The summed E-state index contributed by atoms with van der Waals surface area (Å²) in [5, 5.41) is 6.83. The van der Waals surface area contributed by atoms with Crippen LogP contribution in [0.4, 0.5) is 5.69 Å². The van der Waals surface area contributed by atoms with E-state index in [1.54, 1.807) is 36.4 Å². The van der Waals surface area contributed by atoms with Crippen molar-refractivity contribution in [1.29, 1.82) is 0 Å². The van der Waals surface area contributed by atoms with Gasteiger partial charge in [0.2, 0.25) is 0 Å². The molecule has 2 N–H and O–H groups in total. The Kier molecular flexibility index (Phi) is 8.65. The zero-order valence-corrected chi connectivity index (χ0v) is 20.0. The van der Waals surface area contributed by atoms with Crippen LogP contribution < -0.4 is 20.2 Å². The van der Waals surface area contributed by atoms with E-state index in [1.807, 2.05) is 39.0 Å². The Hall–Kier alpha value is -3.84. The van der Waals surface area contributed by atoms with Gasteiger partial charge in [-0.15, -0.1) is 0 Å². The lowest BCUT2D eigenvalue weighted by molar-refractivity contribution is -0.136. The van der Waals surface area contributed by atoms with Gasteiger partial charge in [-0.05, 0) is 67.8 Å². The molecule has 2 amide bonds. The molecule has 0 saturated heterocycles. The van der Waals surface area contributed by atoms with Gasteiger partial charge < -0.3 is 14.8 Å². The quantitative estimate of drug-likeness (QED) is 0.269. The number of hydrazone groups is 1. The summed E-state index contributed by atoms with van der Waals surface area (Å²) in [6.07, 6.45) is 1.42. The summed E-state index contributed by atoms with van der Waals surface area (Å²) in [6.45, 7) is 6.62. The van der Waals surface area contributed by atoms with Crippen molar-refractivity contribution in [3.8, 4) is 11.5 Å². The SMILES string of the molecule is CCOc1cc(/C=N/NC(=O)C(=O)Nc2ccc(C)c(Cl)c2)ccc1OCc1cccc(C)c1. The monoisotopic (exact) mass is 479 g/mol. The molecule has 3 aromatic rings. The van der Waals surface area contributed by atoms with Gasteiger partial charge in [0.05, 0.1) is 12.8 Å². The highest BCUT2D eigenvalue weighted by atomic mass is 35.5. The zero-order valence-electron chi connectivity index (χ0n) is 19.2. The van der Waals surface area contributed by atoms with Gasteiger partial charge in [-0.2, -0.15) is 5.10 Å². The summed E-state index contributed by atoms with van der Waals surface area (Å²) >= 11 is 6.04. The number of carbonyl (C=O) groups is 2. The molecule has 0 aliphatic carbocycles. The van der Waals surface area contributed by atoms with Gasteiger partial charge in [0.15, 0.2) is 11.5 Å². The Morgan fingerprint density at radius 2 is 1.79 bits per heavy atom. The van der Waals surface area contributed by atoms with Crippen molar-refractivity contribution in [2.45, 2.75) is 27.4 Å². The molecule has 3 rings (SSSR count). The molecule has 3 aromatic carbocycles. The molecule has 0 fully saturated rings. The second kappa shape index (κ2) is 11.9. The maximum atomic E-state index is 12.1. The summed E-state index contributed by atoms with van der Waals surface area (Å²) in [5.74, 6) is -0.608. The Balaban J connectivity index is 1.59. The van der Waals surface area contributed by atoms with Crippen LogP contribution >= 0.6 is 11.6 Å². The first-order chi connectivity index (χ1) is 16.4. The summed E-state index contributed by atoms with van der Waals surface area (Å²) in [6, 6.07) is 18.4. The number of nitrogens with one attached hydrogen (secondary N) is 2. The molecule has 0 atom stereocenters. The number of nitrogens with zero attached hydrogens (tertiary/aromatic N) is 1. The largest absolute Gasteiger partial charge is 0.490 e. The number of anilines is 1. The van der Waals surface area contributed by atoms with Crippen molar-refractivity contribution in [3.63, 3.8) is 0 Å². The number of ether oxygens (including phenoxy) is 2. The highest BCUT2D eigenvalue weighted by Gasteiger charge is 2.13. The minimum atomic E-state index is -0.906. The second-order valence-electron chi connectivity index (χ2n) is 7.53. The van der Waals surface area contributed by atoms with Crippen molar-refractivity contribution < 1.29 is 19.1 Å². The first kappa shape index (κ1) is 24.8. The first-order valence-electron chi connectivity index (χ1n) is 10.7. The van der Waals surface area contributed by atoms with Crippen molar-refractivity contribution >= 4 is 35.3 Å². The number of aryl methyl sites for hydroxylation is 2. The minimum Gasteiger partial charge on any atom is -0.490 e. The van der Waals surface area contributed by atoms with E-state index >= 15 is 0 Å². The van der Waals surface area contributed by atoms with E-state index in [-0.39, 0.29) is 0 Å². The van der Waals surface area contributed by atoms with Gasteiger partial charge in [0, 0.05) is 10.7 Å². The van der Waals surface area contributed by atoms with Gasteiger partial charge in [-0.3, -0.25) is 9.59 Å². The maximum absolute atomic E-state index is 12.1. The van der Waals surface area contributed by atoms with Gasteiger partial charge >= 0.3 is 11.8 Å². The third kappa shape index (κ3) is 7.08. The van der Waals surface area contributed by atoms with Crippen LogP contribution in [0.5, 0.6) is 11.5 Å². The van der Waals surface area contributed by atoms with E-state index in [9.17, 15) is 9.59 Å². The lowest BCUT2D eigenvalue weighted by Gasteiger charge is -2.13. The lowest BCUT2D eigenvalue weighted by Crippen LogP contribution is -2.32. The Labute approximate surface area is 203 Å². The number of halogens is 1. The molecule has 8 heteroatoms. The fourth-order valence-electron chi connectivity index (χ4n) is 3.03. The van der Waals surface area contributed by atoms with Gasteiger partial charge in [-0.1, -0.05) is 47.5 Å². The molecule has 0 radical (unpaired) electrons. The van der Waals surface area contributed by atoms with Crippen LogP contribution in [0.3, 0.4) is 0 Å². The van der Waals surface area contributed by atoms with Crippen molar-refractivity contribution in [3.05, 3.63) is 87.9 Å². The summed E-state index contributed by atoms with van der Waals surface area (Å²) in [4.78, 5) is 24.1. The average Bonchev–Trinajstić information content (AvgIpc) is 2.81. The maximum Gasteiger partial charge on any atom is 0.329 e. The topological polar surface area (TPSA) is 89.0 Å². The minimum absolute atomic E-state index is 0.409. The summed E-state index contributed by atoms with van der Waals surface area (Å²) in [7, 11) is 0. The van der Waals surface area contributed by atoms with E-state index in [4.69, 9.17) is 21.1 Å². The molecule has 7 nitrogen and oxygen atoms in total. The number of hydrogen-bond donors (Lipinski definition) is 2. The number of rotatable bonds is 8. The predicted octanol–water partition coefficient (Wildman–Crippen LogP) is 5.02. The summed E-state index contributed by atoms with van der Waals surface area (Å²) < 4.78 is 11.6. The Bertz CT molecular complexity index is 1210. The molecule has 0 bridgehead atoms. The standard InChI is InChI=1S/C26H26ClN3O4/c1-4-33-24-13-19(9-11-23(24)34-16-20-7-5-6-17(2)12-20)15-28-30-26(32)25(31)29-21-10-8-18(3)22(27)14-21/h5-15H,4,16H2,1-3H3,(H,29,31)(H,30,32)/b28-15+. The molecule has 34 heavy (non-hydrogen) atoms. The van der Waals surface area contributed by atoms with Crippen LogP contribution in [-0.4, -0.2) is 24.6 Å². The molecule has 176 valence electrons. The second-order valence-corrected chi connectivity index (χ2v) is 7.94. The van der Waals surface area contributed by atoms with E-state index in [2.05, 4.69) is 21.9 Å². The molecule has 0 heterocycles. The van der Waals surface area contributed by atoms with Crippen LogP contribution in [0.15, 0.2) is 65.8 Å². The normalized spacial score (nSPS) is 10.7. The fourth-order valence-corrected chi connectivity index (χ4v) is 3.21. The van der Waals surface area contributed by atoms with Crippen LogP contribution in [0.1, 0.15) is 29.2 Å². The van der Waals surface area contributed by atoms with Gasteiger partial charge in [-0.25, -0.2) is 5.43 Å². The third-order valence-corrected chi connectivity index (χ3v) is 5.17. The smallest absolute Gasteiger partial charge is 0.329 e. The highest BCUT2D eigenvalue weighted by Crippen LogP contribution is 2.29. The molecule has 0 aliphatic rings. The van der Waals surface area contributed by atoms with Gasteiger partial charge in [0.1, 0.15) is 6.61 Å². The van der Waals surface area contributed by atoms with Crippen LogP contribution in [0.2, 0.25) is 5.02 Å². The number of benzene rings is 3. The zero-order chi connectivity index (χ0) is 24.5. The molecule has 0 saturated carbocycles. The first-order valence-corrected chi connectivity index (χ1v) is 11.1. The molecule has 0 aliphatic heterocycles. The number of hydrogen-bond acceptors (Lipinski definition) is 5. The Morgan fingerprint density at radius 3 is 2.53 bits per heavy atom. The highest BCUT2D eigenvalue weighted by molar-refractivity contribution is 6.39. The molecular formula is C26H26ClN3O4. The van der Waals surface area contributed by atoms with Crippen molar-refractivity contribution in [1.82, 2.24) is 5.43 Å². The number of carbonyl (C=O) groups excluding carboxylic acids is 2. The van der Waals surface area contributed by atoms with Crippen LogP contribution in [0, 0.1) is 13.8 Å². The third-order valence-electron chi connectivity index (χ3n) is 4.76. The van der Waals surface area contributed by atoms with Crippen LogP contribution in [0.25, 0.3) is 0 Å². The molecule has 0 unspecified atom stereocenters. The van der Waals surface area contributed by atoms with E-state index in [1.165, 1.54) is 6.21 Å². The molecule has 0 aromatic heterocycles. The van der Waals surface area contributed by atoms with E-state index in [0.29, 0.717) is 41.0 Å². The van der Waals surface area contributed by atoms with Crippen molar-refractivity contribution in [2.75, 3.05) is 11.9 Å². The Morgan fingerprint density at radius 1 is 0.971 bits per heavy atom. The van der Waals surface area contributed by atoms with Crippen LogP contribution in [-0.2, 0) is 16.2 Å². The number of amides is 2.